The fourth-order valence-electron chi connectivity index (χ4n) is 2.55. The minimum Gasteiger partial charge on any atom is -0.393 e. The van der Waals surface area contributed by atoms with Gasteiger partial charge >= 0.3 is 0 Å². The number of benzene rings is 3. The van der Waals surface area contributed by atoms with E-state index in [0.29, 0.717) is 22.3 Å². The van der Waals surface area contributed by atoms with E-state index < -0.39 is 4.92 Å². The lowest BCUT2D eigenvalue weighted by atomic mass is 9.93. The van der Waals surface area contributed by atoms with Gasteiger partial charge in [0.1, 0.15) is 5.69 Å². The smallest absolute Gasteiger partial charge is 0.292 e. The van der Waals surface area contributed by atoms with Crippen LogP contribution in [0.15, 0.2) is 72.8 Å². The van der Waals surface area contributed by atoms with Gasteiger partial charge in [-0.3, -0.25) is 14.9 Å². The maximum Gasteiger partial charge on any atom is 0.292 e. The number of nitrogens with two attached hydrogens (primary N) is 1. The molecule has 0 unspecified atom stereocenters. The van der Waals surface area contributed by atoms with Crippen LogP contribution in [0.1, 0.15) is 15.9 Å². The molecule has 0 aliphatic heterocycles. The molecule has 0 heterocycles. The van der Waals surface area contributed by atoms with E-state index in [0.717, 1.165) is 0 Å². The first-order valence-corrected chi connectivity index (χ1v) is 7.31. The molecule has 0 radical (unpaired) electrons. The Morgan fingerprint density at radius 3 is 2.29 bits per heavy atom. The van der Waals surface area contributed by atoms with E-state index in [1.807, 2.05) is 6.07 Å². The molecule has 0 aromatic heterocycles. The van der Waals surface area contributed by atoms with Crippen LogP contribution in [0.25, 0.3) is 11.1 Å². The van der Waals surface area contributed by atoms with Gasteiger partial charge in [-0.15, -0.1) is 0 Å². The maximum atomic E-state index is 12.8. The second-order valence-corrected chi connectivity index (χ2v) is 5.27. The van der Waals surface area contributed by atoms with E-state index in [9.17, 15) is 14.9 Å². The Hall–Kier alpha value is -3.47. The zero-order chi connectivity index (χ0) is 17.1. The Labute approximate surface area is 138 Å². The summed E-state index contributed by atoms with van der Waals surface area (Å²) in [6.07, 6.45) is 0. The van der Waals surface area contributed by atoms with Gasteiger partial charge in [-0.25, -0.2) is 0 Å². The number of carbonyl (C=O) groups excluding carboxylic acids is 1. The molecule has 0 fully saturated rings. The summed E-state index contributed by atoms with van der Waals surface area (Å²) < 4.78 is 0. The first-order chi connectivity index (χ1) is 11.6. The van der Waals surface area contributed by atoms with Gasteiger partial charge in [-0.05, 0) is 17.2 Å². The topological polar surface area (TPSA) is 86.2 Å². The van der Waals surface area contributed by atoms with Gasteiger partial charge in [-0.1, -0.05) is 60.7 Å². The van der Waals surface area contributed by atoms with E-state index in [1.54, 1.807) is 54.6 Å². The first-order valence-electron chi connectivity index (χ1n) is 7.31. The van der Waals surface area contributed by atoms with Crippen molar-refractivity contribution in [2.45, 2.75) is 0 Å². The highest BCUT2D eigenvalue weighted by Gasteiger charge is 2.17. The first kappa shape index (κ1) is 15.4. The largest absolute Gasteiger partial charge is 0.393 e. The Balaban J connectivity index is 2.12. The lowest BCUT2D eigenvalue weighted by molar-refractivity contribution is -0.383. The van der Waals surface area contributed by atoms with Gasteiger partial charge in [0, 0.05) is 17.2 Å². The lowest BCUT2D eigenvalue weighted by Gasteiger charge is -2.09. The molecule has 3 aromatic rings. The second kappa shape index (κ2) is 6.34. The van der Waals surface area contributed by atoms with Gasteiger partial charge in [0.25, 0.3) is 5.69 Å². The highest BCUT2D eigenvalue weighted by Crippen LogP contribution is 2.31. The molecule has 3 rings (SSSR count). The van der Waals surface area contributed by atoms with E-state index in [1.165, 1.54) is 12.1 Å². The van der Waals surface area contributed by atoms with Crippen LogP contribution in [0.3, 0.4) is 0 Å². The highest BCUT2D eigenvalue weighted by atomic mass is 16.6. The third-order valence-corrected chi connectivity index (χ3v) is 3.75. The monoisotopic (exact) mass is 318 g/mol. The van der Waals surface area contributed by atoms with Gasteiger partial charge in [0.05, 0.1) is 4.92 Å². The molecule has 0 bridgehead atoms. The zero-order valence-electron chi connectivity index (χ0n) is 12.7. The van der Waals surface area contributed by atoms with Crippen molar-refractivity contribution in [3.8, 4) is 11.1 Å². The van der Waals surface area contributed by atoms with Crippen molar-refractivity contribution in [1.29, 1.82) is 0 Å². The molecular formula is C19H14N2O3. The highest BCUT2D eigenvalue weighted by molar-refractivity contribution is 6.12. The number of nitrogens with zero attached hydrogens (tertiary/aromatic N) is 1. The normalized spacial score (nSPS) is 10.3. The molecule has 5 heteroatoms. The quantitative estimate of drug-likeness (QED) is 0.340. The third-order valence-electron chi connectivity index (χ3n) is 3.75. The van der Waals surface area contributed by atoms with Crippen molar-refractivity contribution in [3.05, 3.63) is 94.0 Å². The van der Waals surface area contributed by atoms with Gasteiger partial charge in [0.2, 0.25) is 0 Å². The van der Waals surface area contributed by atoms with E-state index >= 15 is 0 Å². The number of carbonyl (C=O) groups is 1. The number of nitro benzene ring substituents is 1. The molecule has 0 aliphatic carbocycles. The van der Waals surface area contributed by atoms with Crippen molar-refractivity contribution >= 4 is 17.2 Å². The fraction of sp³-hybridized carbons (Fsp3) is 0. The Morgan fingerprint density at radius 2 is 1.58 bits per heavy atom. The maximum absolute atomic E-state index is 12.8. The summed E-state index contributed by atoms with van der Waals surface area (Å²) in [6, 6.07) is 20.5. The number of ketones is 1. The Morgan fingerprint density at radius 1 is 0.917 bits per heavy atom. The molecular weight excluding hydrogens is 304 g/mol. The number of nitrogen functional groups attached to an aromatic ring is 1. The summed E-state index contributed by atoms with van der Waals surface area (Å²) in [7, 11) is 0. The SMILES string of the molecule is Nc1ccc(-c2ccccc2C(=O)c2ccccc2)cc1[N+](=O)[O-]. The average Bonchev–Trinajstić information content (AvgIpc) is 2.62. The van der Waals surface area contributed by atoms with Crippen LogP contribution in [0, 0.1) is 10.1 Å². The molecule has 0 aliphatic rings. The molecule has 118 valence electrons. The lowest BCUT2D eigenvalue weighted by Crippen LogP contribution is -2.03. The summed E-state index contributed by atoms with van der Waals surface area (Å²) in [5.41, 5.74) is 7.84. The number of anilines is 1. The van der Waals surface area contributed by atoms with E-state index in [-0.39, 0.29) is 17.2 Å². The van der Waals surface area contributed by atoms with E-state index in [2.05, 4.69) is 0 Å². The van der Waals surface area contributed by atoms with Crippen LogP contribution >= 0.6 is 0 Å². The standard InChI is InChI=1S/C19H14N2O3/c20-17-11-10-14(12-18(17)21(23)24)15-8-4-5-9-16(15)19(22)13-6-2-1-3-7-13/h1-12H,20H2. The van der Waals surface area contributed by atoms with Crippen LogP contribution in [0.5, 0.6) is 0 Å². The molecule has 0 amide bonds. The number of nitro groups is 1. The van der Waals surface area contributed by atoms with E-state index in [4.69, 9.17) is 5.73 Å². The van der Waals surface area contributed by atoms with Crippen molar-refractivity contribution in [2.75, 3.05) is 5.73 Å². The molecule has 0 spiro atoms. The van der Waals surface area contributed by atoms with Gasteiger partial charge in [-0.2, -0.15) is 0 Å². The number of rotatable bonds is 4. The van der Waals surface area contributed by atoms with Crippen LogP contribution in [-0.4, -0.2) is 10.7 Å². The predicted molar refractivity (Wildman–Crippen MR) is 92.8 cm³/mol. The van der Waals surface area contributed by atoms with Crippen molar-refractivity contribution in [1.82, 2.24) is 0 Å². The minimum atomic E-state index is -0.527. The molecule has 0 saturated heterocycles. The molecule has 3 aromatic carbocycles. The third kappa shape index (κ3) is 2.87. The number of hydrogen-bond acceptors (Lipinski definition) is 4. The summed E-state index contributed by atoms with van der Waals surface area (Å²) in [5, 5.41) is 11.1. The van der Waals surface area contributed by atoms with Gasteiger partial charge in [0.15, 0.2) is 5.78 Å². The Bertz CT molecular complexity index is 921. The van der Waals surface area contributed by atoms with Crippen molar-refractivity contribution in [3.63, 3.8) is 0 Å². The molecule has 0 atom stereocenters. The Kier molecular flexibility index (Phi) is 4.07. The van der Waals surface area contributed by atoms with Gasteiger partial charge < -0.3 is 5.73 Å². The molecule has 5 nitrogen and oxygen atoms in total. The summed E-state index contributed by atoms with van der Waals surface area (Å²) in [5.74, 6) is -0.134. The molecule has 24 heavy (non-hydrogen) atoms. The van der Waals surface area contributed by atoms with Crippen molar-refractivity contribution < 1.29 is 9.72 Å². The summed E-state index contributed by atoms with van der Waals surface area (Å²) in [6.45, 7) is 0. The summed E-state index contributed by atoms with van der Waals surface area (Å²) >= 11 is 0. The average molecular weight is 318 g/mol. The fourth-order valence-corrected chi connectivity index (χ4v) is 2.55. The van der Waals surface area contributed by atoms with Crippen molar-refractivity contribution in [2.24, 2.45) is 0 Å². The second-order valence-electron chi connectivity index (χ2n) is 5.27. The predicted octanol–water partition coefficient (Wildman–Crippen LogP) is 4.08. The van der Waals surface area contributed by atoms with Crippen LogP contribution in [0.2, 0.25) is 0 Å². The van der Waals surface area contributed by atoms with Crippen LogP contribution in [0.4, 0.5) is 11.4 Å². The molecule has 0 saturated carbocycles. The molecule has 2 N–H and O–H groups in total. The van der Waals surface area contributed by atoms with Crippen LogP contribution in [-0.2, 0) is 0 Å². The van der Waals surface area contributed by atoms with Crippen LogP contribution < -0.4 is 5.73 Å². The zero-order valence-corrected chi connectivity index (χ0v) is 12.7. The summed E-state index contributed by atoms with van der Waals surface area (Å²) in [4.78, 5) is 23.3. The number of hydrogen-bond donors (Lipinski definition) is 1. The minimum absolute atomic E-state index is 0.0932.